The summed E-state index contributed by atoms with van der Waals surface area (Å²) in [5.74, 6) is 0.00394. The van der Waals surface area contributed by atoms with Gasteiger partial charge < -0.3 is 15.1 Å². The van der Waals surface area contributed by atoms with E-state index in [1.54, 1.807) is 16.8 Å². The molecule has 19 heavy (non-hydrogen) atoms. The summed E-state index contributed by atoms with van der Waals surface area (Å²) in [6, 6.07) is 9.13. The average Bonchev–Trinajstić information content (AvgIpc) is 2.42. The van der Waals surface area contributed by atoms with Crippen LogP contribution in [-0.4, -0.2) is 54.3 Å². The first-order chi connectivity index (χ1) is 9.18. The van der Waals surface area contributed by atoms with Gasteiger partial charge in [-0.05, 0) is 5.56 Å². The molecule has 1 aromatic rings. The highest BCUT2D eigenvalue weighted by Gasteiger charge is 2.43. The Morgan fingerprint density at radius 3 is 2.68 bits per heavy atom. The van der Waals surface area contributed by atoms with Gasteiger partial charge in [0.15, 0.2) is 0 Å². The number of nitrogens with one attached hydrogen (secondary N) is 1. The highest BCUT2D eigenvalue weighted by atomic mass is 16.2. The summed E-state index contributed by atoms with van der Waals surface area (Å²) in [5, 5.41) is 3.11. The Labute approximate surface area is 112 Å². The number of hydrogen-bond donors (Lipinski definition) is 1. The summed E-state index contributed by atoms with van der Waals surface area (Å²) in [6.07, 6.45) is 0. The van der Waals surface area contributed by atoms with E-state index in [2.05, 4.69) is 5.32 Å². The zero-order valence-electron chi connectivity index (χ0n) is 10.9. The summed E-state index contributed by atoms with van der Waals surface area (Å²) in [7, 11) is 1.80. The van der Waals surface area contributed by atoms with E-state index in [0.29, 0.717) is 13.1 Å². The first-order valence-corrected chi connectivity index (χ1v) is 6.50. The van der Waals surface area contributed by atoms with Gasteiger partial charge in [0.25, 0.3) is 0 Å². The summed E-state index contributed by atoms with van der Waals surface area (Å²) < 4.78 is 0. The number of carbonyl (C=O) groups is 2. The van der Waals surface area contributed by atoms with Crippen LogP contribution in [0.4, 0.5) is 0 Å². The number of amides is 2. The fourth-order valence-corrected chi connectivity index (χ4v) is 2.92. The van der Waals surface area contributed by atoms with Crippen molar-refractivity contribution in [1.29, 1.82) is 0 Å². The highest BCUT2D eigenvalue weighted by molar-refractivity contribution is 5.91. The molecule has 5 heteroatoms. The minimum absolute atomic E-state index is 0.00213. The standard InChI is InChI=1S/C14H17N3O2/c1-16-9-11-7-15-8-12(18)17(11)13(14(16)19)10-5-3-2-4-6-10/h2-6,11,13,15H,7-9H2,1H3. The molecule has 0 aromatic heterocycles. The molecule has 2 aliphatic rings. The summed E-state index contributed by atoms with van der Waals surface area (Å²) >= 11 is 0. The third-order valence-corrected chi connectivity index (χ3v) is 3.83. The second kappa shape index (κ2) is 4.66. The highest BCUT2D eigenvalue weighted by Crippen LogP contribution is 2.30. The minimum atomic E-state index is -0.473. The maximum absolute atomic E-state index is 12.4. The van der Waals surface area contributed by atoms with Crippen molar-refractivity contribution in [1.82, 2.24) is 15.1 Å². The van der Waals surface area contributed by atoms with Gasteiger partial charge in [-0.25, -0.2) is 0 Å². The molecule has 100 valence electrons. The van der Waals surface area contributed by atoms with Crippen LogP contribution < -0.4 is 5.32 Å². The molecule has 2 fully saturated rings. The van der Waals surface area contributed by atoms with Crippen molar-refractivity contribution >= 4 is 11.8 Å². The van der Waals surface area contributed by atoms with Gasteiger partial charge in [0.05, 0.1) is 12.6 Å². The Morgan fingerprint density at radius 2 is 1.95 bits per heavy atom. The molecule has 0 spiro atoms. The molecule has 0 saturated carbocycles. The molecule has 1 N–H and O–H groups in total. The Balaban J connectivity index is 2.01. The Kier molecular flexibility index (Phi) is 2.98. The maximum Gasteiger partial charge on any atom is 0.249 e. The Bertz CT molecular complexity index is 503. The third kappa shape index (κ3) is 2.00. The van der Waals surface area contributed by atoms with Gasteiger partial charge in [-0.15, -0.1) is 0 Å². The molecule has 2 aliphatic heterocycles. The van der Waals surface area contributed by atoms with Crippen LogP contribution in [-0.2, 0) is 9.59 Å². The van der Waals surface area contributed by atoms with Crippen molar-refractivity contribution in [2.75, 3.05) is 26.7 Å². The van der Waals surface area contributed by atoms with Gasteiger partial charge in [-0.2, -0.15) is 0 Å². The molecular formula is C14H17N3O2. The third-order valence-electron chi connectivity index (χ3n) is 3.83. The zero-order valence-corrected chi connectivity index (χ0v) is 10.9. The van der Waals surface area contributed by atoms with Crippen LogP contribution in [0.15, 0.2) is 30.3 Å². The smallest absolute Gasteiger partial charge is 0.249 e. The van der Waals surface area contributed by atoms with E-state index < -0.39 is 6.04 Å². The normalized spacial score (nSPS) is 27.4. The predicted molar refractivity (Wildman–Crippen MR) is 70.3 cm³/mol. The van der Waals surface area contributed by atoms with Crippen molar-refractivity contribution in [3.8, 4) is 0 Å². The van der Waals surface area contributed by atoms with Crippen molar-refractivity contribution in [2.45, 2.75) is 12.1 Å². The number of nitrogens with zero attached hydrogens (tertiary/aromatic N) is 2. The van der Waals surface area contributed by atoms with E-state index >= 15 is 0 Å². The van der Waals surface area contributed by atoms with Crippen molar-refractivity contribution in [2.24, 2.45) is 0 Å². The molecule has 2 saturated heterocycles. The van der Waals surface area contributed by atoms with Crippen molar-refractivity contribution in [3.05, 3.63) is 35.9 Å². The molecule has 1 aromatic carbocycles. The SMILES string of the molecule is CN1CC2CNCC(=O)N2C(c2ccccc2)C1=O. The molecule has 2 heterocycles. The van der Waals surface area contributed by atoms with E-state index in [-0.39, 0.29) is 17.9 Å². The van der Waals surface area contributed by atoms with Gasteiger partial charge in [0.2, 0.25) is 11.8 Å². The lowest BCUT2D eigenvalue weighted by atomic mass is 9.96. The molecule has 3 rings (SSSR count). The zero-order chi connectivity index (χ0) is 13.4. The average molecular weight is 259 g/mol. The van der Waals surface area contributed by atoms with Crippen LogP contribution in [0.3, 0.4) is 0 Å². The van der Waals surface area contributed by atoms with Gasteiger partial charge in [0.1, 0.15) is 6.04 Å². The van der Waals surface area contributed by atoms with Crippen molar-refractivity contribution in [3.63, 3.8) is 0 Å². The maximum atomic E-state index is 12.4. The summed E-state index contributed by atoms with van der Waals surface area (Å²) in [6.45, 7) is 1.66. The predicted octanol–water partition coefficient (Wildman–Crippen LogP) is 0.0001000. The van der Waals surface area contributed by atoms with Crippen LogP contribution >= 0.6 is 0 Å². The molecule has 5 nitrogen and oxygen atoms in total. The van der Waals surface area contributed by atoms with E-state index in [1.165, 1.54) is 0 Å². The second-order valence-electron chi connectivity index (χ2n) is 5.12. The largest absolute Gasteiger partial charge is 0.342 e. The number of hydrogen-bond acceptors (Lipinski definition) is 3. The number of piperazine rings is 2. The van der Waals surface area contributed by atoms with E-state index in [1.807, 2.05) is 30.3 Å². The molecule has 2 amide bonds. The second-order valence-corrected chi connectivity index (χ2v) is 5.12. The van der Waals surface area contributed by atoms with Crippen LogP contribution in [0.5, 0.6) is 0 Å². The first-order valence-electron chi connectivity index (χ1n) is 6.50. The number of benzene rings is 1. The van der Waals surface area contributed by atoms with Gasteiger partial charge in [0, 0.05) is 20.1 Å². The molecular weight excluding hydrogens is 242 g/mol. The van der Waals surface area contributed by atoms with Crippen LogP contribution in [0.25, 0.3) is 0 Å². The van der Waals surface area contributed by atoms with E-state index in [0.717, 1.165) is 12.1 Å². The van der Waals surface area contributed by atoms with E-state index in [9.17, 15) is 9.59 Å². The molecule has 0 bridgehead atoms. The van der Waals surface area contributed by atoms with E-state index in [4.69, 9.17) is 0 Å². The Hall–Kier alpha value is -1.88. The minimum Gasteiger partial charge on any atom is -0.342 e. The summed E-state index contributed by atoms with van der Waals surface area (Å²) in [5.41, 5.74) is 0.888. The number of fused-ring (bicyclic) bond motifs is 1. The number of carbonyl (C=O) groups excluding carboxylic acids is 2. The molecule has 2 unspecified atom stereocenters. The lowest BCUT2D eigenvalue weighted by Gasteiger charge is -2.47. The monoisotopic (exact) mass is 259 g/mol. The van der Waals surface area contributed by atoms with Crippen LogP contribution in [0, 0.1) is 0 Å². The lowest BCUT2D eigenvalue weighted by Crippen LogP contribution is -2.65. The topological polar surface area (TPSA) is 52.7 Å². The quantitative estimate of drug-likeness (QED) is 0.772. The van der Waals surface area contributed by atoms with Crippen LogP contribution in [0.2, 0.25) is 0 Å². The fourth-order valence-electron chi connectivity index (χ4n) is 2.92. The van der Waals surface area contributed by atoms with Crippen LogP contribution in [0.1, 0.15) is 11.6 Å². The molecule has 0 aliphatic carbocycles. The fraction of sp³-hybridized carbons (Fsp3) is 0.429. The van der Waals surface area contributed by atoms with Gasteiger partial charge >= 0.3 is 0 Å². The molecule has 2 atom stereocenters. The Morgan fingerprint density at radius 1 is 1.21 bits per heavy atom. The van der Waals surface area contributed by atoms with Crippen molar-refractivity contribution < 1.29 is 9.59 Å². The number of likely N-dealkylation sites (N-methyl/N-ethyl adjacent to an activating group) is 1. The van der Waals surface area contributed by atoms with Gasteiger partial charge in [-0.3, -0.25) is 9.59 Å². The number of rotatable bonds is 1. The lowest BCUT2D eigenvalue weighted by molar-refractivity contribution is -0.156. The summed E-state index contributed by atoms with van der Waals surface area (Å²) in [4.78, 5) is 28.1. The molecule has 0 radical (unpaired) electrons. The first kappa shape index (κ1) is 12.2. The van der Waals surface area contributed by atoms with Gasteiger partial charge in [-0.1, -0.05) is 30.3 Å².